The van der Waals surface area contributed by atoms with Crippen molar-refractivity contribution >= 4 is 10.9 Å². The standard InChI is InChI=1S/C19H21NO3/c1-13(2)20-15(11-14-7-6-8-16(21)19(14)20)12-23-18-10-5-4-9-17(18)22-3/h4-11,13,21H,12H2,1-3H3. The van der Waals surface area contributed by atoms with Crippen molar-refractivity contribution in [2.24, 2.45) is 0 Å². The van der Waals surface area contributed by atoms with Crippen LogP contribution >= 0.6 is 0 Å². The predicted molar refractivity (Wildman–Crippen MR) is 91.3 cm³/mol. The van der Waals surface area contributed by atoms with Gasteiger partial charge in [0.25, 0.3) is 0 Å². The molecule has 0 fully saturated rings. The average Bonchev–Trinajstić information content (AvgIpc) is 2.93. The molecule has 0 unspecified atom stereocenters. The molecule has 0 bridgehead atoms. The smallest absolute Gasteiger partial charge is 0.161 e. The van der Waals surface area contributed by atoms with Gasteiger partial charge in [0, 0.05) is 11.4 Å². The summed E-state index contributed by atoms with van der Waals surface area (Å²) in [5.74, 6) is 1.71. The number of hydrogen-bond donors (Lipinski definition) is 1. The third-order valence-electron chi connectivity index (χ3n) is 3.88. The summed E-state index contributed by atoms with van der Waals surface area (Å²) in [6, 6.07) is 15.4. The zero-order valence-corrected chi connectivity index (χ0v) is 13.6. The molecular weight excluding hydrogens is 290 g/mol. The molecule has 0 saturated carbocycles. The highest BCUT2D eigenvalue weighted by atomic mass is 16.5. The fourth-order valence-corrected chi connectivity index (χ4v) is 2.91. The predicted octanol–water partition coefficient (Wildman–Crippen LogP) is 4.52. The summed E-state index contributed by atoms with van der Waals surface area (Å²) in [5.41, 5.74) is 1.86. The Balaban J connectivity index is 1.97. The number of rotatable bonds is 5. The van der Waals surface area contributed by atoms with Crippen LogP contribution in [0.25, 0.3) is 10.9 Å². The lowest BCUT2D eigenvalue weighted by atomic mass is 10.2. The van der Waals surface area contributed by atoms with Gasteiger partial charge in [0.2, 0.25) is 0 Å². The summed E-state index contributed by atoms with van der Waals surface area (Å²) in [6.45, 7) is 4.60. The summed E-state index contributed by atoms with van der Waals surface area (Å²) in [4.78, 5) is 0. The van der Waals surface area contributed by atoms with Gasteiger partial charge in [-0.3, -0.25) is 0 Å². The van der Waals surface area contributed by atoms with E-state index >= 15 is 0 Å². The molecule has 1 heterocycles. The van der Waals surface area contributed by atoms with E-state index in [0.29, 0.717) is 23.9 Å². The van der Waals surface area contributed by atoms with Crippen molar-refractivity contribution in [3.8, 4) is 17.2 Å². The number of phenols is 1. The zero-order chi connectivity index (χ0) is 16.4. The highest BCUT2D eigenvalue weighted by molar-refractivity contribution is 5.86. The van der Waals surface area contributed by atoms with Gasteiger partial charge in [0.05, 0.1) is 18.3 Å². The van der Waals surface area contributed by atoms with Crippen LogP contribution in [0.5, 0.6) is 17.2 Å². The first kappa shape index (κ1) is 15.3. The largest absolute Gasteiger partial charge is 0.506 e. The van der Waals surface area contributed by atoms with E-state index in [1.165, 1.54) is 0 Å². The van der Waals surface area contributed by atoms with Crippen molar-refractivity contribution in [1.29, 1.82) is 0 Å². The van der Waals surface area contributed by atoms with E-state index in [4.69, 9.17) is 9.47 Å². The van der Waals surface area contributed by atoms with E-state index in [1.54, 1.807) is 13.2 Å². The minimum Gasteiger partial charge on any atom is -0.506 e. The number of para-hydroxylation sites is 3. The van der Waals surface area contributed by atoms with Gasteiger partial charge in [-0.05, 0) is 38.1 Å². The molecule has 3 aromatic rings. The van der Waals surface area contributed by atoms with E-state index < -0.39 is 0 Å². The van der Waals surface area contributed by atoms with Crippen LogP contribution in [0.2, 0.25) is 0 Å². The second-order valence-electron chi connectivity index (χ2n) is 5.75. The number of nitrogens with zero attached hydrogens (tertiary/aromatic N) is 1. The van der Waals surface area contributed by atoms with Crippen molar-refractivity contribution in [3.05, 3.63) is 54.2 Å². The number of fused-ring (bicyclic) bond motifs is 1. The van der Waals surface area contributed by atoms with Gasteiger partial charge in [-0.25, -0.2) is 0 Å². The SMILES string of the molecule is COc1ccccc1OCc1cc2cccc(O)c2n1C(C)C. The molecule has 120 valence electrons. The number of aromatic nitrogens is 1. The van der Waals surface area contributed by atoms with Crippen LogP contribution in [0.3, 0.4) is 0 Å². The lowest BCUT2D eigenvalue weighted by molar-refractivity contribution is 0.274. The summed E-state index contributed by atoms with van der Waals surface area (Å²) >= 11 is 0. The van der Waals surface area contributed by atoms with E-state index in [-0.39, 0.29) is 6.04 Å². The van der Waals surface area contributed by atoms with Crippen LogP contribution in [-0.4, -0.2) is 16.8 Å². The Bertz CT molecular complexity index is 821. The van der Waals surface area contributed by atoms with Crippen LogP contribution < -0.4 is 9.47 Å². The Morgan fingerprint density at radius 3 is 2.48 bits per heavy atom. The molecule has 0 spiro atoms. The van der Waals surface area contributed by atoms with Crippen molar-refractivity contribution < 1.29 is 14.6 Å². The van der Waals surface area contributed by atoms with Gasteiger partial charge in [-0.2, -0.15) is 0 Å². The molecule has 0 aliphatic rings. The molecule has 0 amide bonds. The van der Waals surface area contributed by atoms with Crippen LogP contribution in [0.4, 0.5) is 0 Å². The first-order chi connectivity index (χ1) is 11.1. The Morgan fingerprint density at radius 2 is 1.78 bits per heavy atom. The highest BCUT2D eigenvalue weighted by Crippen LogP contribution is 2.32. The number of benzene rings is 2. The maximum absolute atomic E-state index is 10.2. The van der Waals surface area contributed by atoms with E-state index in [2.05, 4.69) is 24.5 Å². The van der Waals surface area contributed by atoms with E-state index in [0.717, 1.165) is 16.6 Å². The third kappa shape index (κ3) is 2.84. The number of methoxy groups -OCH3 is 1. The van der Waals surface area contributed by atoms with Crippen LogP contribution in [0, 0.1) is 0 Å². The molecular formula is C19H21NO3. The van der Waals surface area contributed by atoms with Crippen molar-refractivity contribution in [2.75, 3.05) is 7.11 Å². The fraction of sp³-hybridized carbons (Fsp3) is 0.263. The molecule has 0 aliphatic carbocycles. The van der Waals surface area contributed by atoms with Gasteiger partial charge in [-0.15, -0.1) is 0 Å². The third-order valence-corrected chi connectivity index (χ3v) is 3.88. The maximum Gasteiger partial charge on any atom is 0.161 e. The quantitative estimate of drug-likeness (QED) is 0.753. The molecule has 3 rings (SSSR count). The number of phenolic OH excluding ortho intramolecular Hbond substituents is 1. The van der Waals surface area contributed by atoms with Gasteiger partial charge in [-0.1, -0.05) is 24.3 Å². The number of ether oxygens (including phenoxy) is 2. The minimum atomic E-state index is 0.220. The Hall–Kier alpha value is -2.62. The Kier molecular flexibility index (Phi) is 4.15. The van der Waals surface area contributed by atoms with Gasteiger partial charge in [0.1, 0.15) is 12.4 Å². The second-order valence-corrected chi connectivity index (χ2v) is 5.75. The molecule has 4 heteroatoms. The lowest BCUT2D eigenvalue weighted by Gasteiger charge is -2.16. The number of hydrogen-bond acceptors (Lipinski definition) is 3. The topological polar surface area (TPSA) is 43.6 Å². The van der Waals surface area contributed by atoms with Crippen molar-refractivity contribution in [3.63, 3.8) is 0 Å². The first-order valence-electron chi connectivity index (χ1n) is 7.69. The van der Waals surface area contributed by atoms with Gasteiger partial charge < -0.3 is 19.1 Å². The Morgan fingerprint density at radius 1 is 1.04 bits per heavy atom. The molecule has 1 aromatic heterocycles. The maximum atomic E-state index is 10.2. The zero-order valence-electron chi connectivity index (χ0n) is 13.6. The summed E-state index contributed by atoms with van der Waals surface area (Å²) in [5, 5.41) is 11.2. The molecule has 0 aliphatic heterocycles. The van der Waals surface area contributed by atoms with Crippen molar-refractivity contribution in [2.45, 2.75) is 26.5 Å². The van der Waals surface area contributed by atoms with E-state index in [1.807, 2.05) is 36.4 Å². The first-order valence-corrected chi connectivity index (χ1v) is 7.69. The van der Waals surface area contributed by atoms with Crippen LogP contribution in [-0.2, 0) is 6.61 Å². The molecule has 0 saturated heterocycles. The molecule has 0 atom stereocenters. The van der Waals surface area contributed by atoms with Gasteiger partial charge in [0.15, 0.2) is 11.5 Å². The summed E-state index contributed by atoms with van der Waals surface area (Å²) in [7, 11) is 1.63. The van der Waals surface area contributed by atoms with E-state index in [9.17, 15) is 5.11 Å². The average molecular weight is 311 g/mol. The minimum absolute atomic E-state index is 0.220. The lowest BCUT2D eigenvalue weighted by Crippen LogP contribution is -2.08. The van der Waals surface area contributed by atoms with Gasteiger partial charge >= 0.3 is 0 Å². The molecule has 0 radical (unpaired) electrons. The van der Waals surface area contributed by atoms with Crippen molar-refractivity contribution in [1.82, 2.24) is 4.57 Å². The molecule has 23 heavy (non-hydrogen) atoms. The summed E-state index contributed by atoms with van der Waals surface area (Å²) < 4.78 is 13.4. The molecule has 1 N–H and O–H groups in total. The van der Waals surface area contributed by atoms with Crippen LogP contribution in [0.15, 0.2) is 48.5 Å². The number of aromatic hydroxyl groups is 1. The fourth-order valence-electron chi connectivity index (χ4n) is 2.91. The Labute approximate surface area is 135 Å². The molecule has 2 aromatic carbocycles. The highest BCUT2D eigenvalue weighted by Gasteiger charge is 2.15. The monoisotopic (exact) mass is 311 g/mol. The van der Waals surface area contributed by atoms with Crippen LogP contribution in [0.1, 0.15) is 25.6 Å². The second kappa shape index (κ2) is 6.24. The summed E-state index contributed by atoms with van der Waals surface area (Å²) in [6.07, 6.45) is 0. The molecule has 4 nitrogen and oxygen atoms in total. The normalized spacial score (nSPS) is 11.1.